The zero-order valence-corrected chi connectivity index (χ0v) is 9.25. The Kier molecular flexibility index (Phi) is 2.71. The maximum atomic E-state index is 12.1. The number of hydrogen-bond acceptors (Lipinski definition) is 3. The van der Waals surface area contributed by atoms with Crippen LogP contribution in [0.1, 0.15) is 17.3 Å². The van der Waals surface area contributed by atoms with Crippen molar-refractivity contribution in [1.29, 1.82) is 0 Å². The van der Waals surface area contributed by atoms with Crippen LogP contribution in [0.15, 0.2) is 30.3 Å². The zero-order valence-electron chi connectivity index (χ0n) is 8.43. The molecule has 0 saturated carbocycles. The third kappa shape index (κ3) is 1.75. The molecule has 1 aliphatic heterocycles. The number of Topliss-reactive ketones (excluding diaryl/α,β-unsaturated/α-hetero) is 1. The predicted octanol–water partition coefficient (Wildman–Crippen LogP) is 1.36. The Morgan fingerprint density at radius 2 is 2.07 bits per heavy atom. The smallest absolute Gasteiger partial charge is 0.207 e. The van der Waals surface area contributed by atoms with Gasteiger partial charge in [0.1, 0.15) is 0 Å². The van der Waals surface area contributed by atoms with Crippen LogP contribution in [0.3, 0.4) is 0 Å². The average Bonchev–Trinajstić information content (AvgIpc) is 2.61. The molecule has 1 fully saturated rings. The van der Waals surface area contributed by atoms with E-state index < -0.39 is 15.7 Å². The number of carbonyl (C=O) groups excluding carboxylic acids is 1. The molecule has 4 heteroatoms. The quantitative estimate of drug-likeness (QED) is 0.712. The van der Waals surface area contributed by atoms with Crippen LogP contribution in [0.4, 0.5) is 0 Å². The van der Waals surface area contributed by atoms with Crippen LogP contribution in [-0.2, 0) is 15.5 Å². The molecule has 1 saturated heterocycles. The van der Waals surface area contributed by atoms with E-state index in [4.69, 9.17) is 4.74 Å². The van der Waals surface area contributed by atoms with Gasteiger partial charge in [-0.05, 0) is 6.92 Å². The summed E-state index contributed by atoms with van der Waals surface area (Å²) in [5.41, 5.74) is 0.551. The van der Waals surface area contributed by atoms with Crippen molar-refractivity contribution in [3.63, 3.8) is 0 Å². The lowest BCUT2D eigenvalue weighted by Gasteiger charge is -2.19. The molecule has 1 aromatic carbocycles. The number of rotatable bonds is 2. The van der Waals surface area contributed by atoms with Gasteiger partial charge in [0.15, 0.2) is 0 Å². The first-order valence-electron chi connectivity index (χ1n) is 4.77. The fourth-order valence-electron chi connectivity index (χ4n) is 1.59. The SMILES string of the molecule is C[C@]1(C(=O)c2ccccc2)OCCS1=O. The summed E-state index contributed by atoms with van der Waals surface area (Å²) in [6.45, 7) is 1.99. The molecular weight excluding hydrogens is 212 g/mol. The maximum Gasteiger partial charge on any atom is 0.207 e. The van der Waals surface area contributed by atoms with E-state index in [0.29, 0.717) is 17.9 Å². The summed E-state index contributed by atoms with van der Waals surface area (Å²) in [5, 5.41) is 0. The molecule has 80 valence electrons. The van der Waals surface area contributed by atoms with Crippen LogP contribution in [0.5, 0.6) is 0 Å². The minimum absolute atomic E-state index is 0.195. The molecule has 3 nitrogen and oxygen atoms in total. The number of ketones is 1. The summed E-state index contributed by atoms with van der Waals surface area (Å²) >= 11 is 0. The molecule has 0 bridgehead atoms. The standard InChI is InChI=1S/C11H12O3S/c1-11(14-7-8-15(11)13)10(12)9-5-3-2-4-6-9/h2-6H,7-8H2,1H3/t11-,15?/m0/s1. The van der Waals surface area contributed by atoms with Crippen LogP contribution in [0.25, 0.3) is 0 Å². The number of carbonyl (C=O) groups is 1. The van der Waals surface area contributed by atoms with Gasteiger partial charge in [-0.15, -0.1) is 0 Å². The van der Waals surface area contributed by atoms with Gasteiger partial charge in [-0.25, -0.2) is 0 Å². The molecule has 2 rings (SSSR count). The summed E-state index contributed by atoms with van der Waals surface area (Å²) in [4.78, 5) is 10.9. The highest BCUT2D eigenvalue weighted by molar-refractivity contribution is 7.87. The van der Waals surface area contributed by atoms with Gasteiger partial charge in [0, 0.05) is 5.56 Å². The van der Waals surface area contributed by atoms with Crippen molar-refractivity contribution in [3.8, 4) is 0 Å². The van der Waals surface area contributed by atoms with E-state index in [-0.39, 0.29) is 5.78 Å². The maximum absolute atomic E-state index is 12.1. The molecule has 15 heavy (non-hydrogen) atoms. The average molecular weight is 224 g/mol. The summed E-state index contributed by atoms with van der Waals surface area (Å²) in [5.74, 6) is 0.244. The zero-order chi connectivity index (χ0) is 10.9. The molecule has 0 aromatic heterocycles. The van der Waals surface area contributed by atoms with Crippen LogP contribution >= 0.6 is 0 Å². The molecule has 1 unspecified atom stereocenters. The fourth-order valence-corrected chi connectivity index (χ4v) is 2.76. The van der Waals surface area contributed by atoms with Gasteiger partial charge in [-0.1, -0.05) is 30.3 Å². The lowest BCUT2D eigenvalue weighted by Crippen LogP contribution is -2.38. The Bertz CT molecular complexity index is 402. The second-order valence-electron chi connectivity index (χ2n) is 3.54. The molecular formula is C11H12O3S. The van der Waals surface area contributed by atoms with Crippen molar-refractivity contribution in [2.45, 2.75) is 11.9 Å². The molecule has 1 aromatic rings. The molecule has 0 amide bonds. The first-order valence-corrected chi connectivity index (χ1v) is 6.09. The van der Waals surface area contributed by atoms with Gasteiger partial charge >= 0.3 is 0 Å². The van der Waals surface area contributed by atoms with Gasteiger partial charge in [0.2, 0.25) is 10.7 Å². The Morgan fingerprint density at radius 3 is 2.60 bits per heavy atom. The van der Waals surface area contributed by atoms with Crippen LogP contribution < -0.4 is 0 Å². The fraction of sp³-hybridized carbons (Fsp3) is 0.364. The number of hydrogen-bond donors (Lipinski definition) is 0. The monoisotopic (exact) mass is 224 g/mol. The van der Waals surface area contributed by atoms with E-state index in [9.17, 15) is 9.00 Å². The highest BCUT2D eigenvalue weighted by Crippen LogP contribution is 2.26. The molecule has 0 radical (unpaired) electrons. The highest BCUT2D eigenvalue weighted by Gasteiger charge is 2.44. The van der Waals surface area contributed by atoms with Gasteiger partial charge in [0.05, 0.1) is 23.2 Å². The molecule has 0 spiro atoms. The largest absolute Gasteiger partial charge is 0.353 e. The molecule has 1 aliphatic rings. The van der Waals surface area contributed by atoms with Crippen LogP contribution in [0, 0.1) is 0 Å². The van der Waals surface area contributed by atoms with Crippen molar-refractivity contribution in [1.82, 2.24) is 0 Å². The number of benzene rings is 1. The van der Waals surface area contributed by atoms with Gasteiger partial charge in [-0.3, -0.25) is 9.00 Å². The molecule has 2 atom stereocenters. The molecule has 0 N–H and O–H groups in total. The van der Waals surface area contributed by atoms with Gasteiger partial charge < -0.3 is 4.74 Å². The van der Waals surface area contributed by atoms with E-state index in [1.165, 1.54) is 0 Å². The summed E-state index contributed by atoms with van der Waals surface area (Å²) < 4.78 is 17.0. The Labute approximate surface area is 90.9 Å². The molecule has 0 aliphatic carbocycles. The second-order valence-corrected chi connectivity index (χ2v) is 5.42. The Balaban J connectivity index is 2.33. The van der Waals surface area contributed by atoms with E-state index in [1.54, 1.807) is 31.2 Å². The first kappa shape index (κ1) is 10.5. The Hall–Kier alpha value is -1.00. The molecule has 1 heterocycles. The van der Waals surface area contributed by atoms with E-state index >= 15 is 0 Å². The highest BCUT2D eigenvalue weighted by atomic mass is 32.2. The van der Waals surface area contributed by atoms with E-state index in [1.807, 2.05) is 6.07 Å². The van der Waals surface area contributed by atoms with Crippen molar-refractivity contribution >= 4 is 16.6 Å². The van der Waals surface area contributed by atoms with Crippen molar-refractivity contribution in [2.75, 3.05) is 12.4 Å². The topological polar surface area (TPSA) is 43.4 Å². The third-order valence-electron chi connectivity index (χ3n) is 2.53. The minimum atomic E-state index is -1.23. The van der Waals surface area contributed by atoms with Crippen molar-refractivity contribution < 1.29 is 13.7 Å². The second kappa shape index (κ2) is 3.87. The summed E-state index contributed by atoms with van der Waals surface area (Å²) in [6.07, 6.45) is 0. The normalized spacial score (nSPS) is 30.3. The first-order chi connectivity index (χ1) is 7.14. The van der Waals surface area contributed by atoms with E-state index in [2.05, 4.69) is 0 Å². The van der Waals surface area contributed by atoms with Gasteiger partial charge in [0.25, 0.3) is 0 Å². The third-order valence-corrected chi connectivity index (χ3v) is 4.24. The van der Waals surface area contributed by atoms with Crippen LogP contribution in [-0.4, -0.2) is 27.3 Å². The van der Waals surface area contributed by atoms with Crippen LogP contribution in [0.2, 0.25) is 0 Å². The minimum Gasteiger partial charge on any atom is -0.353 e. The predicted molar refractivity (Wildman–Crippen MR) is 58.1 cm³/mol. The summed E-state index contributed by atoms with van der Waals surface area (Å²) in [6, 6.07) is 8.84. The number of ether oxygens (including phenoxy) is 1. The lowest BCUT2D eigenvalue weighted by atomic mass is 10.1. The van der Waals surface area contributed by atoms with E-state index in [0.717, 1.165) is 0 Å². The van der Waals surface area contributed by atoms with Crippen molar-refractivity contribution in [3.05, 3.63) is 35.9 Å². The lowest BCUT2D eigenvalue weighted by molar-refractivity contribution is 0.0454. The Morgan fingerprint density at radius 1 is 1.40 bits per heavy atom. The van der Waals surface area contributed by atoms with Crippen molar-refractivity contribution in [2.24, 2.45) is 0 Å². The summed E-state index contributed by atoms with van der Waals surface area (Å²) in [7, 11) is -1.23. The van der Waals surface area contributed by atoms with Gasteiger partial charge in [-0.2, -0.15) is 0 Å².